The van der Waals surface area contributed by atoms with Crippen molar-refractivity contribution in [1.82, 2.24) is 19.6 Å². The molecule has 0 spiro atoms. The van der Waals surface area contributed by atoms with Gasteiger partial charge in [-0.1, -0.05) is 36.4 Å². The van der Waals surface area contributed by atoms with Crippen LogP contribution in [0.5, 0.6) is 0 Å². The van der Waals surface area contributed by atoms with Crippen LogP contribution in [-0.4, -0.2) is 19.6 Å². The van der Waals surface area contributed by atoms with Gasteiger partial charge in [0, 0.05) is 24.9 Å². The molecule has 0 bridgehead atoms. The van der Waals surface area contributed by atoms with Gasteiger partial charge in [-0.05, 0) is 12.1 Å². The molecule has 21 heavy (non-hydrogen) atoms. The molecule has 0 aliphatic carbocycles. The van der Waals surface area contributed by atoms with E-state index in [1.807, 2.05) is 60.1 Å². The van der Waals surface area contributed by atoms with E-state index in [9.17, 15) is 0 Å². The average molecular weight is 365 g/mol. The quantitative estimate of drug-likeness (QED) is 0.449. The first-order valence-corrected chi connectivity index (χ1v) is 6.49. The van der Waals surface area contributed by atoms with Gasteiger partial charge in [-0.15, -0.1) is 0 Å². The number of para-hydroxylation sites is 2. The van der Waals surface area contributed by atoms with Crippen molar-refractivity contribution in [2.45, 2.75) is 0 Å². The molecule has 0 amide bonds. The second-order valence-electron chi connectivity index (χ2n) is 4.65. The Kier molecular flexibility index (Phi) is 4.87. The topological polar surface area (TPSA) is 35.6 Å². The molecule has 1 radical (unpaired) electrons. The van der Waals surface area contributed by atoms with Crippen LogP contribution in [0.15, 0.2) is 60.9 Å². The van der Waals surface area contributed by atoms with Gasteiger partial charge in [0.05, 0.1) is 23.4 Å². The fraction of sp³-hybridized carbons (Fsp3) is 0.125. The number of nitrogens with zero attached hydrogens (tertiary/aromatic N) is 4. The van der Waals surface area contributed by atoms with E-state index >= 15 is 0 Å². The van der Waals surface area contributed by atoms with Crippen LogP contribution in [0, 0.1) is 0 Å². The number of aromatic nitrogens is 4. The Labute approximate surface area is 136 Å². The van der Waals surface area contributed by atoms with Crippen LogP contribution < -0.4 is 0 Å². The molecule has 0 atom stereocenters. The van der Waals surface area contributed by atoms with Crippen molar-refractivity contribution >= 4 is 21.8 Å². The molecule has 2 aromatic carbocycles. The van der Waals surface area contributed by atoms with Gasteiger partial charge in [0.25, 0.3) is 0 Å². The van der Waals surface area contributed by atoms with Gasteiger partial charge in [-0.25, -0.2) is 0 Å². The summed E-state index contributed by atoms with van der Waals surface area (Å²) in [6.45, 7) is 0. The Morgan fingerprint density at radius 2 is 1.05 bits per heavy atom. The number of hydrogen-bond donors (Lipinski definition) is 0. The van der Waals surface area contributed by atoms with Crippen LogP contribution in [0.25, 0.3) is 21.8 Å². The summed E-state index contributed by atoms with van der Waals surface area (Å²) >= 11 is 0. The molecule has 4 rings (SSSR count). The molecule has 0 fully saturated rings. The van der Waals surface area contributed by atoms with Crippen LogP contribution in [0.4, 0.5) is 0 Å². The van der Waals surface area contributed by atoms with E-state index in [2.05, 4.69) is 34.5 Å². The fourth-order valence-electron chi connectivity index (χ4n) is 2.20. The van der Waals surface area contributed by atoms with Gasteiger partial charge in [0.1, 0.15) is 0 Å². The van der Waals surface area contributed by atoms with Crippen molar-refractivity contribution in [3.05, 3.63) is 60.9 Å². The van der Waals surface area contributed by atoms with Crippen molar-refractivity contribution < 1.29 is 19.5 Å². The molecule has 0 unspecified atom stereocenters. The van der Waals surface area contributed by atoms with E-state index in [4.69, 9.17) is 0 Å². The molecule has 4 nitrogen and oxygen atoms in total. The summed E-state index contributed by atoms with van der Waals surface area (Å²) in [5, 5.41) is 10.6. The second-order valence-corrected chi connectivity index (χ2v) is 4.65. The van der Waals surface area contributed by atoms with Gasteiger partial charge in [-0.3, -0.25) is 9.36 Å². The van der Waals surface area contributed by atoms with Crippen molar-refractivity contribution in [3.8, 4) is 0 Å². The van der Waals surface area contributed by atoms with Crippen LogP contribution in [0.2, 0.25) is 0 Å². The molecule has 105 valence electrons. The Bertz CT molecular complexity index is 775. The second kappa shape index (κ2) is 6.64. The smallest absolute Gasteiger partial charge is 0.268 e. The molecule has 2 aromatic heterocycles. The predicted octanol–water partition coefficient (Wildman–Crippen LogP) is 3.14. The monoisotopic (exact) mass is 366 g/mol. The average Bonchev–Trinajstić information content (AvgIpc) is 3.05. The summed E-state index contributed by atoms with van der Waals surface area (Å²) < 4.78 is 3.74. The van der Waals surface area contributed by atoms with Crippen molar-refractivity contribution in [3.63, 3.8) is 0 Å². The minimum atomic E-state index is 0. The van der Waals surface area contributed by atoms with E-state index in [1.54, 1.807) is 0 Å². The summed E-state index contributed by atoms with van der Waals surface area (Å²) in [4.78, 5) is 0. The van der Waals surface area contributed by atoms with Crippen molar-refractivity contribution in [1.29, 1.82) is 0 Å². The van der Waals surface area contributed by atoms with Gasteiger partial charge in [-0.2, -0.15) is 10.2 Å². The summed E-state index contributed by atoms with van der Waals surface area (Å²) in [6.07, 6.45) is 3.74. The standard InChI is InChI=1S/2C8H8N2.Ru/c2*1-10-8-5-3-2-4-7(8)6-9-10;/h2*2-6H,1H3;/q;;+3. The summed E-state index contributed by atoms with van der Waals surface area (Å²) in [5.74, 6) is 0. The zero-order valence-corrected chi connectivity index (χ0v) is 13.7. The van der Waals surface area contributed by atoms with Crippen molar-refractivity contribution in [2.75, 3.05) is 0 Å². The SMILES string of the molecule is Cn1ncc2ccccc21.Cn1ncc2ccccc21.[Ru+3]. The van der Waals surface area contributed by atoms with Crippen LogP contribution in [-0.2, 0) is 33.6 Å². The zero-order chi connectivity index (χ0) is 13.9. The van der Waals surface area contributed by atoms with Gasteiger partial charge in [0.2, 0.25) is 0 Å². The third kappa shape index (κ3) is 3.19. The Hall–Kier alpha value is -2.00. The maximum atomic E-state index is 4.11. The third-order valence-corrected chi connectivity index (χ3v) is 3.31. The Morgan fingerprint density at radius 3 is 1.43 bits per heavy atom. The maximum absolute atomic E-state index is 4.11. The van der Waals surface area contributed by atoms with E-state index in [0.717, 1.165) is 0 Å². The number of hydrogen-bond acceptors (Lipinski definition) is 2. The first-order valence-electron chi connectivity index (χ1n) is 6.49. The summed E-state index contributed by atoms with van der Waals surface area (Å²) in [7, 11) is 3.89. The van der Waals surface area contributed by atoms with E-state index in [-0.39, 0.29) is 19.5 Å². The van der Waals surface area contributed by atoms with E-state index < -0.39 is 0 Å². The van der Waals surface area contributed by atoms with Crippen molar-refractivity contribution in [2.24, 2.45) is 14.1 Å². The Morgan fingerprint density at radius 1 is 0.667 bits per heavy atom. The number of fused-ring (bicyclic) bond motifs is 2. The van der Waals surface area contributed by atoms with Crippen LogP contribution in [0.1, 0.15) is 0 Å². The molecule has 0 saturated carbocycles. The largest absolute Gasteiger partial charge is 3.00 e. The fourth-order valence-corrected chi connectivity index (χ4v) is 2.20. The zero-order valence-electron chi connectivity index (χ0n) is 11.9. The van der Waals surface area contributed by atoms with Crippen LogP contribution >= 0.6 is 0 Å². The number of aryl methyl sites for hydroxylation is 2. The molecule has 4 aromatic rings. The van der Waals surface area contributed by atoms with Crippen LogP contribution in [0.3, 0.4) is 0 Å². The molecule has 0 aliphatic heterocycles. The number of benzene rings is 2. The summed E-state index contributed by atoms with van der Waals surface area (Å²) in [6, 6.07) is 16.3. The van der Waals surface area contributed by atoms with E-state index in [1.165, 1.54) is 21.8 Å². The Balaban J connectivity index is 0.000000147. The molecule has 0 aliphatic rings. The van der Waals surface area contributed by atoms with Gasteiger partial charge < -0.3 is 0 Å². The third-order valence-electron chi connectivity index (χ3n) is 3.31. The normalized spacial score (nSPS) is 10.0. The summed E-state index contributed by atoms with van der Waals surface area (Å²) in [5.41, 5.74) is 2.37. The first kappa shape index (κ1) is 15.4. The minimum Gasteiger partial charge on any atom is -0.268 e. The number of rotatable bonds is 0. The molecular formula is C16H16N4Ru+3. The first-order chi connectivity index (χ1) is 9.75. The van der Waals surface area contributed by atoms with Gasteiger partial charge in [0.15, 0.2) is 0 Å². The minimum absolute atomic E-state index is 0. The van der Waals surface area contributed by atoms with E-state index in [0.29, 0.717) is 0 Å². The molecular weight excluding hydrogens is 349 g/mol. The molecule has 0 N–H and O–H groups in total. The predicted molar refractivity (Wildman–Crippen MR) is 81.4 cm³/mol. The van der Waals surface area contributed by atoms with Gasteiger partial charge >= 0.3 is 19.5 Å². The molecule has 2 heterocycles. The molecule has 0 saturated heterocycles. The molecule has 5 heteroatoms. The maximum Gasteiger partial charge on any atom is 3.00 e.